The van der Waals surface area contributed by atoms with Gasteiger partial charge in [0.2, 0.25) is 10.0 Å². The van der Waals surface area contributed by atoms with Gasteiger partial charge in [0, 0.05) is 24.8 Å². The summed E-state index contributed by atoms with van der Waals surface area (Å²) in [7, 11) is -3.85. The van der Waals surface area contributed by atoms with Gasteiger partial charge in [-0.3, -0.25) is 4.57 Å². The molecule has 0 spiro atoms. The lowest BCUT2D eigenvalue weighted by atomic mass is 10.2. The minimum atomic E-state index is -3.85. The van der Waals surface area contributed by atoms with Gasteiger partial charge in [-0.1, -0.05) is 17.2 Å². The Balaban J connectivity index is 1.55. The standard InChI is InChI=1S/C21H22N6O3S/c1-3-27-20(14(2)26-31(28,29)18-6-4-5-15(11-18)13-22)24-25-21(27)30-17-8-7-16-9-10-23-19(16)12-17/h4-8,11-12,14,23,26H,3,9-10H2,1-2H3/t14-/m1/s1. The predicted octanol–water partition coefficient (Wildman–Crippen LogP) is 2.97. The molecule has 0 radical (unpaired) electrons. The first-order valence-corrected chi connectivity index (χ1v) is 11.4. The van der Waals surface area contributed by atoms with Crippen LogP contribution in [0.1, 0.15) is 36.8 Å². The first kappa shape index (κ1) is 20.8. The molecule has 0 unspecified atom stereocenters. The maximum atomic E-state index is 12.8. The second-order valence-corrected chi connectivity index (χ2v) is 8.88. The van der Waals surface area contributed by atoms with E-state index < -0.39 is 16.1 Å². The highest BCUT2D eigenvalue weighted by molar-refractivity contribution is 7.89. The van der Waals surface area contributed by atoms with Crippen molar-refractivity contribution in [3.8, 4) is 17.8 Å². The number of hydrogen-bond donors (Lipinski definition) is 2. The zero-order valence-electron chi connectivity index (χ0n) is 17.2. The van der Waals surface area contributed by atoms with Gasteiger partial charge >= 0.3 is 6.01 Å². The van der Waals surface area contributed by atoms with Gasteiger partial charge in [0.05, 0.1) is 22.6 Å². The van der Waals surface area contributed by atoms with Crippen molar-refractivity contribution >= 4 is 15.7 Å². The number of aromatic nitrogens is 3. The minimum absolute atomic E-state index is 0.0167. The summed E-state index contributed by atoms with van der Waals surface area (Å²) in [6, 6.07) is 13.2. The van der Waals surface area contributed by atoms with Crippen molar-refractivity contribution in [3.05, 3.63) is 59.4 Å². The van der Waals surface area contributed by atoms with Gasteiger partial charge in [-0.15, -0.1) is 5.10 Å². The lowest BCUT2D eigenvalue weighted by molar-refractivity contribution is 0.408. The number of nitrogens with zero attached hydrogens (tertiary/aromatic N) is 4. The molecule has 10 heteroatoms. The lowest BCUT2D eigenvalue weighted by Gasteiger charge is -2.15. The Morgan fingerprint density at radius 1 is 1.29 bits per heavy atom. The zero-order valence-corrected chi connectivity index (χ0v) is 18.0. The summed E-state index contributed by atoms with van der Waals surface area (Å²) in [6.07, 6.45) is 0.986. The van der Waals surface area contributed by atoms with Crippen molar-refractivity contribution in [2.45, 2.75) is 37.8 Å². The van der Waals surface area contributed by atoms with Crippen LogP contribution in [0.4, 0.5) is 5.69 Å². The van der Waals surface area contributed by atoms with E-state index >= 15 is 0 Å². The molecule has 1 aliphatic heterocycles. The molecule has 0 aliphatic carbocycles. The fraction of sp³-hybridized carbons (Fsp3) is 0.286. The smallest absolute Gasteiger partial charge is 0.322 e. The lowest BCUT2D eigenvalue weighted by Crippen LogP contribution is -2.29. The third-order valence-corrected chi connectivity index (χ3v) is 6.59. The molecule has 1 atom stereocenters. The van der Waals surface area contributed by atoms with Gasteiger partial charge in [0.25, 0.3) is 0 Å². The van der Waals surface area contributed by atoms with Crippen molar-refractivity contribution in [1.29, 1.82) is 5.26 Å². The molecular formula is C21H22N6O3S. The van der Waals surface area contributed by atoms with Gasteiger partial charge in [0.1, 0.15) is 5.75 Å². The Morgan fingerprint density at radius 3 is 2.90 bits per heavy atom. The second kappa shape index (κ2) is 8.37. The molecule has 31 heavy (non-hydrogen) atoms. The fourth-order valence-electron chi connectivity index (χ4n) is 3.52. The van der Waals surface area contributed by atoms with Gasteiger partial charge in [-0.05, 0) is 50.1 Å². The number of benzene rings is 2. The van der Waals surface area contributed by atoms with Crippen molar-refractivity contribution in [2.75, 3.05) is 11.9 Å². The summed E-state index contributed by atoms with van der Waals surface area (Å²) >= 11 is 0. The van der Waals surface area contributed by atoms with Crippen LogP contribution in [-0.4, -0.2) is 29.7 Å². The molecule has 3 aromatic rings. The highest BCUT2D eigenvalue weighted by atomic mass is 32.2. The molecule has 4 rings (SSSR count). The zero-order chi connectivity index (χ0) is 22.0. The predicted molar refractivity (Wildman–Crippen MR) is 114 cm³/mol. The van der Waals surface area contributed by atoms with Gasteiger partial charge in [-0.25, -0.2) is 13.1 Å². The third-order valence-electron chi connectivity index (χ3n) is 5.05. The van der Waals surface area contributed by atoms with E-state index in [0.29, 0.717) is 18.1 Å². The maximum absolute atomic E-state index is 12.8. The molecule has 0 saturated heterocycles. The van der Waals surface area contributed by atoms with Crippen molar-refractivity contribution < 1.29 is 13.2 Å². The monoisotopic (exact) mass is 438 g/mol. The Morgan fingerprint density at radius 2 is 2.13 bits per heavy atom. The van der Waals surface area contributed by atoms with E-state index in [1.54, 1.807) is 17.6 Å². The topological polar surface area (TPSA) is 122 Å². The molecule has 0 saturated carbocycles. The van der Waals surface area contributed by atoms with Crippen LogP contribution in [0.3, 0.4) is 0 Å². The summed E-state index contributed by atoms with van der Waals surface area (Å²) < 4.78 is 35.8. The molecule has 0 amide bonds. The van der Waals surface area contributed by atoms with Gasteiger partial charge in [-0.2, -0.15) is 5.26 Å². The highest BCUT2D eigenvalue weighted by Crippen LogP contribution is 2.30. The van der Waals surface area contributed by atoms with E-state index in [1.165, 1.54) is 23.8 Å². The molecule has 0 fully saturated rings. The van der Waals surface area contributed by atoms with E-state index in [2.05, 4.69) is 20.2 Å². The molecule has 1 aliphatic rings. The summed E-state index contributed by atoms with van der Waals surface area (Å²) in [4.78, 5) is 0.0167. The normalized spacial score (nSPS) is 13.8. The van der Waals surface area contributed by atoms with Crippen LogP contribution in [0.25, 0.3) is 0 Å². The van der Waals surface area contributed by atoms with E-state index in [4.69, 9.17) is 10.00 Å². The number of ether oxygens (including phenoxy) is 1. The Hall–Kier alpha value is -3.42. The van der Waals surface area contributed by atoms with Crippen LogP contribution in [0, 0.1) is 11.3 Å². The minimum Gasteiger partial charge on any atom is -0.424 e. The fourth-order valence-corrected chi connectivity index (χ4v) is 4.77. The van der Waals surface area contributed by atoms with E-state index in [9.17, 15) is 8.42 Å². The molecule has 2 N–H and O–H groups in total. The van der Waals surface area contributed by atoms with Crippen LogP contribution in [-0.2, 0) is 23.0 Å². The molecule has 160 valence electrons. The molecule has 9 nitrogen and oxygen atoms in total. The largest absolute Gasteiger partial charge is 0.424 e. The van der Waals surface area contributed by atoms with E-state index in [-0.39, 0.29) is 16.5 Å². The van der Waals surface area contributed by atoms with Crippen LogP contribution in [0.2, 0.25) is 0 Å². The Kier molecular flexibility index (Phi) is 5.63. The third kappa shape index (κ3) is 4.23. The van der Waals surface area contributed by atoms with Crippen molar-refractivity contribution in [3.63, 3.8) is 0 Å². The number of nitriles is 1. The SMILES string of the molecule is CCn1c(Oc2ccc3c(c2)NCC3)nnc1[C@@H](C)NS(=O)(=O)c1cccc(C#N)c1. The first-order valence-electron chi connectivity index (χ1n) is 9.91. The van der Waals surface area contributed by atoms with Crippen LogP contribution >= 0.6 is 0 Å². The number of anilines is 1. The molecule has 2 heterocycles. The van der Waals surface area contributed by atoms with E-state index in [0.717, 1.165) is 18.7 Å². The molecule has 2 aromatic carbocycles. The van der Waals surface area contributed by atoms with Gasteiger partial charge in [0.15, 0.2) is 5.82 Å². The summed E-state index contributed by atoms with van der Waals surface area (Å²) in [6.45, 7) is 4.99. The second-order valence-electron chi connectivity index (χ2n) is 7.17. The van der Waals surface area contributed by atoms with Crippen molar-refractivity contribution in [2.24, 2.45) is 0 Å². The van der Waals surface area contributed by atoms with E-state index in [1.807, 2.05) is 31.2 Å². The Labute approximate surface area is 180 Å². The van der Waals surface area contributed by atoms with Crippen molar-refractivity contribution in [1.82, 2.24) is 19.5 Å². The number of rotatable bonds is 7. The van der Waals surface area contributed by atoms with Crippen LogP contribution in [0.5, 0.6) is 11.8 Å². The average Bonchev–Trinajstić information content (AvgIpc) is 3.39. The summed E-state index contributed by atoms with van der Waals surface area (Å²) in [5.41, 5.74) is 2.56. The molecule has 0 bridgehead atoms. The summed E-state index contributed by atoms with van der Waals surface area (Å²) in [5, 5.41) is 20.6. The average molecular weight is 439 g/mol. The van der Waals surface area contributed by atoms with Gasteiger partial charge < -0.3 is 10.1 Å². The molecule has 1 aromatic heterocycles. The van der Waals surface area contributed by atoms with Crippen LogP contribution < -0.4 is 14.8 Å². The number of fused-ring (bicyclic) bond motifs is 1. The van der Waals surface area contributed by atoms with Crippen LogP contribution in [0.15, 0.2) is 47.4 Å². The number of sulfonamides is 1. The maximum Gasteiger partial charge on any atom is 0.322 e. The quantitative estimate of drug-likeness (QED) is 0.581. The molecular weight excluding hydrogens is 416 g/mol. The highest BCUT2D eigenvalue weighted by Gasteiger charge is 2.24. The summed E-state index contributed by atoms with van der Waals surface area (Å²) in [5.74, 6) is 1.06. The number of nitrogens with one attached hydrogen (secondary N) is 2. The first-order chi connectivity index (χ1) is 14.9. The number of hydrogen-bond acceptors (Lipinski definition) is 7. The Bertz CT molecular complexity index is 1260.